The molecule has 0 saturated heterocycles. The van der Waals surface area contributed by atoms with E-state index in [9.17, 15) is 4.79 Å². The number of aliphatic carboxylic acids is 1. The zero-order valence-corrected chi connectivity index (χ0v) is 11.4. The minimum atomic E-state index is -0.855. The van der Waals surface area contributed by atoms with Crippen LogP contribution < -0.4 is 9.64 Å². The topological polar surface area (TPSA) is 73.6 Å². The number of hydrogen-bond donors (Lipinski definition) is 1. The largest absolute Gasteiger partial charge is 0.497 e. The third-order valence-corrected chi connectivity index (χ3v) is 2.82. The van der Waals surface area contributed by atoms with Crippen LogP contribution in [0.3, 0.4) is 0 Å². The van der Waals surface area contributed by atoms with Crippen LogP contribution in [-0.2, 0) is 4.79 Å². The number of carbonyl (C=O) groups is 1. The molecule has 0 bridgehead atoms. The lowest BCUT2D eigenvalue weighted by atomic mass is 10.1. The molecule has 0 saturated carbocycles. The van der Waals surface area contributed by atoms with Gasteiger partial charge in [-0.25, -0.2) is 0 Å². The molecule has 0 heterocycles. The highest BCUT2D eigenvalue weighted by Crippen LogP contribution is 2.27. The monoisotopic (exact) mass is 262 g/mol. The maximum atomic E-state index is 10.7. The number of nitriles is 1. The standard InChI is InChI=1S/C14H18N2O3/c1-10(2)16(7-6-14(17)18)13-8-12(19-3)5-4-11(13)9-15/h4-5,8,10H,6-7H2,1-3H3,(H,17,18). The van der Waals surface area contributed by atoms with Crippen molar-refractivity contribution in [3.05, 3.63) is 23.8 Å². The van der Waals surface area contributed by atoms with E-state index in [4.69, 9.17) is 15.1 Å². The van der Waals surface area contributed by atoms with Crippen molar-refractivity contribution in [2.45, 2.75) is 26.3 Å². The van der Waals surface area contributed by atoms with Crippen LogP contribution in [0.1, 0.15) is 25.8 Å². The normalized spacial score (nSPS) is 10.1. The lowest BCUT2D eigenvalue weighted by Gasteiger charge is -2.29. The summed E-state index contributed by atoms with van der Waals surface area (Å²) in [5.41, 5.74) is 1.22. The molecule has 0 radical (unpaired) electrons. The van der Waals surface area contributed by atoms with Crippen molar-refractivity contribution in [1.29, 1.82) is 5.26 Å². The van der Waals surface area contributed by atoms with Gasteiger partial charge in [-0.05, 0) is 26.0 Å². The second kappa shape index (κ2) is 6.64. The summed E-state index contributed by atoms with van der Waals surface area (Å²) in [6.07, 6.45) is 0.0280. The first-order valence-electron chi connectivity index (χ1n) is 6.06. The molecule has 1 rings (SSSR count). The highest BCUT2D eigenvalue weighted by Gasteiger charge is 2.16. The van der Waals surface area contributed by atoms with E-state index in [1.54, 1.807) is 25.3 Å². The van der Waals surface area contributed by atoms with E-state index in [0.29, 0.717) is 23.5 Å². The van der Waals surface area contributed by atoms with Crippen LogP contribution in [0.15, 0.2) is 18.2 Å². The molecule has 1 N–H and O–H groups in total. The van der Waals surface area contributed by atoms with Gasteiger partial charge < -0.3 is 14.7 Å². The van der Waals surface area contributed by atoms with Crippen molar-refractivity contribution >= 4 is 11.7 Å². The minimum absolute atomic E-state index is 0.0280. The second-order valence-corrected chi connectivity index (χ2v) is 4.43. The fourth-order valence-electron chi connectivity index (χ4n) is 1.84. The van der Waals surface area contributed by atoms with Gasteiger partial charge in [0.05, 0.1) is 24.8 Å². The van der Waals surface area contributed by atoms with Crippen molar-refractivity contribution < 1.29 is 14.6 Å². The molecule has 0 spiro atoms. The zero-order valence-electron chi connectivity index (χ0n) is 11.4. The van der Waals surface area contributed by atoms with Gasteiger partial charge in [0.25, 0.3) is 0 Å². The van der Waals surface area contributed by atoms with E-state index in [-0.39, 0.29) is 12.5 Å². The molecule has 102 valence electrons. The van der Waals surface area contributed by atoms with Gasteiger partial charge in [0.15, 0.2) is 0 Å². The summed E-state index contributed by atoms with van der Waals surface area (Å²) in [6, 6.07) is 7.39. The van der Waals surface area contributed by atoms with Crippen molar-refractivity contribution in [3.8, 4) is 11.8 Å². The van der Waals surface area contributed by atoms with Gasteiger partial charge in [-0.15, -0.1) is 0 Å². The zero-order chi connectivity index (χ0) is 14.4. The average molecular weight is 262 g/mol. The molecule has 0 aliphatic rings. The first-order chi connectivity index (χ1) is 8.99. The molecule has 0 atom stereocenters. The first kappa shape index (κ1) is 14.8. The molecule has 19 heavy (non-hydrogen) atoms. The highest BCUT2D eigenvalue weighted by atomic mass is 16.5. The Balaban J connectivity index is 3.13. The Morgan fingerprint density at radius 1 is 1.53 bits per heavy atom. The van der Waals surface area contributed by atoms with Gasteiger partial charge in [0, 0.05) is 18.7 Å². The number of nitrogens with zero attached hydrogens (tertiary/aromatic N) is 2. The second-order valence-electron chi connectivity index (χ2n) is 4.43. The van der Waals surface area contributed by atoms with Crippen LogP contribution in [0.2, 0.25) is 0 Å². The molecule has 5 nitrogen and oxygen atoms in total. The first-order valence-corrected chi connectivity index (χ1v) is 6.06. The number of rotatable bonds is 6. The van der Waals surface area contributed by atoms with Crippen LogP contribution in [0.4, 0.5) is 5.69 Å². The third kappa shape index (κ3) is 3.88. The number of anilines is 1. The Bertz CT molecular complexity index is 492. The van der Waals surface area contributed by atoms with E-state index >= 15 is 0 Å². The van der Waals surface area contributed by atoms with Crippen LogP contribution in [-0.4, -0.2) is 30.8 Å². The molecule has 0 aromatic heterocycles. The highest BCUT2D eigenvalue weighted by molar-refractivity contribution is 5.69. The number of carboxylic acid groups (broad SMARTS) is 1. The summed E-state index contributed by atoms with van der Waals surface area (Å²) < 4.78 is 5.16. The maximum Gasteiger partial charge on any atom is 0.305 e. The Hall–Kier alpha value is -2.22. The number of methoxy groups -OCH3 is 1. The SMILES string of the molecule is COc1ccc(C#N)c(N(CCC(=O)O)C(C)C)c1. The van der Waals surface area contributed by atoms with E-state index in [0.717, 1.165) is 0 Å². The van der Waals surface area contributed by atoms with Crippen molar-refractivity contribution in [1.82, 2.24) is 0 Å². The molecule has 0 fully saturated rings. The Kier molecular flexibility index (Phi) is 5.19. The van der Waals surface area contributed by atoms with Crippen LogP contribution in [0.25, 0.3) is 0 Å². The Morgan fingerprint density at radius 3 is 2.68 bits per heavy atom. The van der Waals surface area contributed by atoms with Crippen molar-refractivity contribution in [2.24, 2.45) is 0 Å². The van der Waals surface area contributed by atoms with E-state index in [2.05, 4.69) is 6.07 Å². The van der Waals surface area contributed by atoms with Crippen molar-refractivity contribution in [3.63, 3.8) is 0 Å². The molecule has 0 aliphatic heterocycles. The van der Waals surface area contributed by atoms with Crippen molar-refractivity contribution in [2.75, 3.05) is 18.6 Å². The number of carboxylic acids is 1. The molecule has 0 amide bonds. The molecular weight excluding hydrogens is 244 g/mol. The number of hydrogen-bond acceptors (Lipinski definition) is 4. The van der Waals surface area contributed by atoms with Gasteiger partial charge in [-0.2, -0.15) is 5.26 Å². The van der Waals surface area contributed by atoms with Gasteiger partial charge in [0.2, 0.25) is 0 Å². The fourth-order valence-corrected chi connectivity index (χ4v) is 1.84. The summed E-state index contributed by atoms with van der Waals surface area (Å²) in [7, 11) is 1.56. The van der Waals surface area contributed by atoms with Gasteiger partial charge in [-0.1, -0.05) is 0 Å². The number of ether oxygens (including phenoxy) is 1. The summed E-state index contributed by atoms with van der Waals surface area (Å²) >= 11 is 0. The van der Waals surface area contributed by atoms with E-state index in [1.807, 2.05) is 18.7 Å². The summed E-state index contributed by atoms with van der Waals surface area (Å²) in [6.45, 7) is 4.28. The minimum Gasteiger partial charge on any atom is -0.497 e. The van der Waals surface area contributed by atoms with Gasteiger partial charge in [0.1, 0.15) is 11.8 Å². The van der Waals surface area contributed by atoms with E-state index in [1.165, 1.54) is 0 Å². The van der Waals surface area contributed by atoms with Gasteiger partial charge in [-0.3, -0.25) is 4.79 Å². The number of benzene rings is 1. The van der Waals surface area contributed by atoms with Crippen LogP contribution in [0.5, 0.6) is 5.75 Å². The molecule has 5 heteroatoms. The summed E-state index contributed by atoms with van der Waals surface area (Å²) in [5.74, 6) is -0.206. The fraction of sp³-hybridized carbons (Fsp3) is 0.429. The molecular formula is C14H18N2O3. The van der Waals surface area contributed by atoms with Crippen LogP contribution in [0, 0.1) is 11.3 Å². The Morgan fingerprint density at radius 2 is 2.21 bits per heavy atom. The molecule has 0 aliphatic carbocycles. The summed E-state index contributed by atoms with van der Waals surface area (Å²) in [5, 5.41) is 18.0. The lowest BCUT2D eigenvalue weighted by Crippen LogP contribution is -2.33. The quantitative estimate of drug-likeness (QED) is 0.851. The molecule has 1 aromatic carbocycles. The Labute approximate surface area is 113 Å². The smallest absolute Gasteiger partial charge is 0.305 e. The van der Waals surface area contributed by atoms with Crippen LogP contribution >= 0.6 is 0 Å². The van der Waals surface area contributed by atoms with Gasteiger partial charge >= 0.3 is 5.97 Å². The van der Waals surface area contributed by atoms with E-state index < -0.39 is 5.97 Å². The molecule has 1 aromatic rings. The molecule has 0 unspecified atom stereocenters. The predicted octanol–water partition coefficient (Wildman–Crippen LogP) is 2.26. The maximum absolute atomic E-state index is 10.7. The lowest BCUT2D eigenvalue weighted by molar-refractivity contribution is -0.136. The predicted molar refractivity (Wildman–Crippen MR) is 72.4 cm³/mol. The summed E-state index contributed by atoms with van der Waals surface area (Å²) in [4.78, 5) is 12.6. The average Bonchev–Trinajstić information content (AvgIpc) is 2.38. The third-order valence-electron chi connectivity index (χ3n) is 2.82.